The number of hydrogen-bond donors (Lipinski definition) is 0. The van der Waals surface area contributed by atoms with E-state index in [2.05, 4.69) is 30.7 Å². The number of unbranched alkanes of at least 4 members (excludes halogenated alkanes) is 11. The van der Waals surface area contributed by atoms with Crippen LogP contribution in [0.25, 0.3) is 0 Å². The number of amides is 2. The lowest BCUT2D eigenvalue weighted by atomic mass is 10.1. The molecule has 0 fully saturated rings. The van der Waals surface area contributed by atoms with Gasteiger partial charge in [-0.1, -0.05) is 102 Å². The molecule has 0 unspecified atom stereocenters. The van der Waals surface area contributed by atoms with Gasteiger partial charge in [0.25, 0.3) is 5.91 Å². The van der Waals surface area contributed by atoms with Crippen LogP contribution in [0.3, 0.4) is 0 Å². The molecule has 0 radical (unpaired) electrons. The van der Waals surface area contributed by atoms with Crippen molar-refractivity contribution in [3.05, 3.63) is 58.9 Å². The topological polar surface area (TPSA) is 50.5 Å². The second-order valence-corrected chi connectivity index (χ2v) is 11.3. The Morgan fingerprint density at radius 1 is 0.829 bits per heavy atom. The second kappa shape index (κ2) is 22.9. The third kappa shape index (κ3) is 14.9. The zero-order chi connectivity index (χ0) is 29.0. The monoisotopic (exact) mass is 698 g/mol. The van der Waals surface area contributed by atoms with E-state index < -0.39 is 0 Å². The van der Waals surface area contributed by atoms with Gasteiger partial charge in [0.2, 0.25) is 5.91 Å². The molecule has 7 heteroatoms. The molecule has 1 heterocycles. The Kier molecular flexibility index (Phi) is 20.8. The van der Waals surface area contributed by atoms with E-state index in [0.29, 0.717) is 35.9 Å². The van der Waals surface area contributed by atoms with E-state index in [1.807, 2.05) is 12.1 Å². The van der Waals surface area contributed by atoms with E-state index in [-0.39, 0.29) is 35.8 Å². The number of benzene rings is 1. The molecule has 0 aliphatic heterocycles. The van der Waals surface area contributed by atoms with E-state index in [1.54, 1.807) is 18.2 Å². The van der Waals surface area contributed by atoms with Crippen molar-refractivity contribution in [3.63, 3.8) is 0 Å². The molecule has 0 aliphatic carbocycles. The van der Waals surface area contributed by atoms with E-state index >= 15 is 0 Å². The van der Waals surface area contributed by atoms with Crippen molar-refractivity contribution in [1.29, 1.82) is 0 Å². The van der Waals surface area contributed by atoms with Gasteiger partial charge in [0.1, 0.15) is 12.3 Å². The number of pyridine rings is 1. The van der Waals surface area contributed by atoms with Gasteiger partial charge in [-0.25, -0.2) is 4.57 Å². The Morgan fingerprint density at radius 2 is 1.46 bits per heavy atom. The third-order valence-corrected chi connectivity index (χ3v) is 7.67. The average molecular weight is 699 g/mol. The minimum atomic E-state index is -0.323. The summed E-state index contributed by atoms with van der Waals surface area (Å²) in [7, 11) is 0. The van der Waals surface area contributed by atoms with E-state index in [0.717, 1.165) is 32.2 Å². The fourth-order valence-electron chi connectivity index (χ4n) is 5.05. The van der Waals surface area contributed by atoms with Crippen LogP contribution in [0.1, 0.15) is 127 Å². The van der Waals surface area contributed by atoms with Crippen LogP contribution in [-0.4, -0.2) is 29.9 Å². The fourth-order valence-corrected chi connectivity index (χ4v) is 5.28. The van der Waals surface area contributed by atoms with Crippen molar-refractivity contribution >= 4 is 23.4 Å². The molecule has 0 aliphatic rings. The van der Waals surface area contributed by atoms with Gasteiger partial charge in [0, 0.05) is 44.0 Å². The first-order chi connectivity index (χ1) is 19.5. The fraction of sp³-hybridized carbons (Fsp3) is 0.618. The number of halogens is 2. The number of nitrogens with zero attached hydrogens (tertiary/aromatic N) is 2. The normalized spacial score (nSPS) is 10.7. The summed E-state index contributed by atoms with van der Waals surface area (Å²) in [5.41, 5.74) is 1.61. The van der Waals surface area contributed by atoms with Gasteiger partial charge in [-0.05, 0) is 31.0 Å². The van der Waals surface area contributed by atoms with Gasteiger partial charge in [0.15, 0.2) is 11.9 Å². The standard InChI is InChI=1S/C34H52ClN2O3.HI/c1-4-6-7-8-9-10-11-12-13-14-15-18-27-40-33-23-22-30(28-32(33)35)34(39)37(29(3)38)26-19-21-31-20-16-17-25-36(31)24-5-2;/h16-17,20,22-23,25,28H,4-15,18-19,21,24,26-27H2,1-3H3;1H/q+1;/p-1. The molecule has 2 rings (SSSR count). The number of aromatic nitrogens is 1. The van der Waals surface area contributed by atoms with Crippen molar-refractivity contribution in [2.75, 3.05) is 13.2 Å². The average Bonchev–Trinajstić information content (AvgIpc) is 2.94. The molecule has 0 bridgehead atoms. The molecular formula is C34H52ClIN2O3. The minimum absolute atomic E-state index is 0. The first-order valence-corrected chi connectivity index (χ1v) is 16.1. The number of imide groups is 1. The van der Waals surface area contributed by atoms with Gasteiger partial charge in [0.05, 0.1) is 11.6 Å². The number of hydrogen-bond acceptors (Lipinski definition) is 3. The summed E-state index contributed by atoms with van der Waals surface area (Å²) in [5, 5.41) is 0.401. The molecule has 2 aromatic rings. The van der Waals surface area contributed by atoms with E-state index in [9.17, 15) is 9.59 Å². The van der Waals surface area contributed by atoms with Crippen molar-refractivity contribution in [2.45, 2.75) is 124 Å². The van der Waals surface area contributed by atoms with Crippen LogP contribution in [0.5, 0.6) is 5.75 Å². The molecule has 230 valence electrons. The van der Waals surface area contributed by atoms with Crippen LogP contribution in [-0.2, 0) is 17.8 Å². The number of aryl methyl sites for hydroxylation is 2. The summed E-state index contributed by atoms with van der Waals surface area (Å²) < 4.78 is 8.12. The zero-order valence-corrected chi connectivity index (χ0v) is 28.6. The lowest BCUT2D eigenvalue weighted by molar-refractivity contribution is -0.704. The molecule has 2 amide bonds. The van der Waals surface area contributed by atoms with Crippen molar-refractivity contribution in [2.24, 2.45) is 0 Å². The third-order valence-electron chi connectivity index (χ3n) is 7.37. The summed E-state index contributed by atoms with van der Waals surface area (Å²) in [4.78, 5) is 26.8. The largest absolute Gasteiger partial charge is 1.00 e. The summed E-state index contributed by atoms with van der Waals surface area (Å²) in [5.74, 6) is -0.000421. The van der Waals surface area contributed by atoms with Crippen LogP contribution in [0.2, 0.25) is 5.02 Å². The van der Waals surface area contributed by atoms with Crippen LogP contribution in [0.4, 0.5) is 0 Å². The molecule has 1 aromatic heterocycles. The molecule has 0 saturated heterocycles. The molecule has 41 heavy (non-hydrogen) atoms. The first-order valence-electron chi connectivity index (χ1n) is 15.7. The SMILES string of the molecule is CCCCCCCCCCCCCCOc1ccc(C(=O)N(CCCc2cccc[n+]2CCC)C(C)=O)cc1Cl.[I-]. The highest BCUT2D eigenvalue weighted by Crippen LogP contribution is 2.26. The molecule has 0 saturated carbocycles. The number of ether oxygens (including phenoxy) is 1. The Hall–Kier alpha value is -1.67. The lowest BCUT2D eigenvalue weighted by Crippen LogP contribution is -3.00. The summed E-state index contributed by atoms with van der Waals surface area (Å²) in [6, 6.07) is 11.2. The Balaban J connectivity index is 0.00000840. The van der Waals surface area contributed by atoms with Gasteiger partial charge in [-0.15, -0.1) is 0 Å². The van der Waals surface area contributed by atoms with Gasteiger partial charge in [-0.3, -0.25) is 14.5 Å². The van der Waals surface area contributed by atoms with Crippen molar-refractivity contribution < 1.29 is 42.9 Å². The highest BCUT2D eigenvalue weighted by molar-refractivity contribution is 6.32. The Bertz CT molecular complexity index is 1020. The summed E-state index contributed by atoms with van der Waals surface area (Å²) in [6.07, 6.45) is 20.2. The Labute approximate surface area is 271 Å². The van der Waals surface area contributed by atoms with Gasteiger partial charge >= 0.3 is 0 Å². The second-order valence-electron chi connectivity index (χ2n) is 10.8. The molecular weight excluding hydrogens is 647 g/mol. The van der Waals surface area contributed by atoms with Crippen LogP contribution in [0.15, 0.2) is 42.6 Å². The Morgan fingerprint density at radius 3 is 2.05 bits per heavy atom. The molecule has 1 aromatic carbocycles. The smallest absolute Gasteiger partial charge is 0.260 e. The van der Waals surface area contributed by atoms with Gasteiger partial charge in [-0.2, -0.15) is 0 Å². The molecule has 5 nitrogen and oxygen atoms in total. The van der Waals surface area contributed by atoms with E-state index in [1.165, 1.54) is 81.7 Å². The minimum Gasteiger partial charge on any atom is -1.00 e. The maximum atomic E-state index is 13.1. The maximum absolute atomic E-state index is 13.1. The van der Waals surface area contributed by atoms with Crippen molar-refractivity contribution in [1.82, 2.24) is 4.90 Å². The van der Waals surface area contributed by atoms with Crippen molar-refractivity contribution in [3.8, 4) is 5.75 Å². The lowest BCUT2D eigenvalue weighted by Gasteiger charge is -2.19. The predicted molar refractivity (Wildman–Crippen MR) is 165 cm³/mol. The van der Waals surface area contributed by atoms with Crippen LogP contribution in [0, 0.1) is 0 Å². The van der Waals surface area contributed by atoms with Gasteiger partial charge < -0.3 is 28.7 Å². The summed E-state index contributed by atoms with van der Waals surface area (Å²) >= 11 is 6.46. The molecule has 0 N–H and O–H groups in total. The van der Waals surface area contributed by atoms with Crippen LogP contribution >= 0.6 is 11.6 Å². The number of rotatable bonds is 21. The molecule has 0 atom stereocenters. The quantitative estimate of drug-likeness (QED) is 0.0950. The summed E-state index contributed by atoms with van der Waals surface area (Å²) in [6.45, 7) is 7.79. The highest BCUT2D eigenvalue weighted by atomic mass is 127. The highest BCUT2D eigenvalue weighted by Gasteiger charge is 2.21. The number of carbonyl (C=O) groups excluding carboxylic acids is 2. The number of carbonyl (C=O) groups is 2. The van der Waals surface area contributed by atoms with Crippen LogP contribution < -0.4 is 33.3 Å². The zero-order valence-electron chi connectivity index (χ0n) is 25.6. The maximum Gasteiger partial charge on any atom is 0.260 e. The predicted octanol–water partition coefficient (Wildman–Crippen LogP) is 5.74. The van der Waals surface area contributed by atoms with E-state index in [4.69, 9.17) is 16.3 Å². The molecule has 0 spiro atoms. The first kappa shape index (κ1) is 37.4.